The summed E-state index contributed by atoms with van der Waals surface area (Å²) in [7, 11) is 0. The van der Waals surface area contributed by atoms with E-state index in [2.05, 4.69) is 13.8 Å². The molecule has 1 heterocycles. The van der Waals surface area contributed by atoms with E-state index in [4.69, 9.17) is 26.8 Å². The van der Waals surface area contributed by atoms with Crippen LogP contribution in [0.25, 0.3) is 0 Å². The van der Waals surface area contributed by atoms with Gasteiger partial charge in [-0.05, 0) is 31.7 Å². The third-order valence-corrected chi connectivity index (χ3v) is 3.47. The minimum absolute atomic E-state index is 0.308. The molecule has 1 aliphatic rings. The summed E-state index contributed by atoms with van der Waals surface area (Å²) in [5.74, 6) is 1.90. The highest BCUT2D eigenvalue weighted by molar-refractivity contribution is 6.31. The largest absolute Gasteiger partial charge is 0.486 e. The average Bonchev–Trinajstić information content (AvgIpc) is 2.27. The van der Waals surface area contributed by atoms with Gasteiger partial charge in [0.1, 0.15) is 13.2 Å². The Bertz CT molecular complexity index is 478. The van der Waals surface area contributed by atoms with E-state index in [1.165, 1.54) is 0 Å². The van der Waals surface area contributed by atoms with E-state index in [1.54, 1.807) is 0 Å². The van der Waals surface area contributed by atoms with E-state index >= 15 is 0 Å². The van der Waals surface area contributed by atoms with Gasteiger partial charge in [0, 0.05) is 22.2 Å². The molecule has 1 aromatic rings. The molecule has 106 valence electrons. The Morgan fingerprint density at radius 3 is 2.53 bits per heavy atom. The number of fused-ring (bicyclic) bond motifs is 1. The maximum Gasteiger partial charge on any atom is 0.165 e. The van der Waals surface area contributed by atoms with Crippen molar-refractivity contribution in [3.8, 4) is 11.5 Å². The van der Waals surface area contributed by atoms with E-state index in [0.717, 1.165) is 29.0 Å². The first-order valence-electron chi connectivity index (χ1n) is 6.69. The van der Waals surface area contributed by atoms with Crippen LogP contribution in [0, 0.1) is 0 Å². The quantitative estimate of drug-likeness (QED) is 0.923. The first-order chi connectivity index (χ1) is 8.79. The number of halogens is 1. The maximum atomic E-state index is 6.43. The third kappa shape index (κ3) is 3.15. The second-order valence-corrected chi connectivity index (χ2v) is 6.50. The molecule has 0 amide bonds. The molecule has 0 saturated carbocycles. The van der Waals surface area contributed by atoms with Gasteiger partial charge in [-0.1, -0.05) is 25.4 Å². The molecule has 19 heavy (non-hydrogen) atoms. The Morgan fingerprint density at radius 1 is 1.32 bits per heavy atom. The van der Waals surface area contributed by atoms with Crippen LogP contribution < -0.4 is 15.2 Å². The molecule has 0 spiro atoms. The Kier molecular flexibility index (Phi) is 3.98. The highest BCUT2D eigenvalue weighted by Crippen LogP contribution is 2.44. The zero-order valence-electron chi connectivity index (χ0n) is 12.0. The van der Waals surface area contributed by atoms with Crippen molar-refractivity contribution in [2.24, 2.45) is 5.73 Å². The lowest BCUT2D eigenvalue weighted by molar-refractivity contribution is 0.169. The van der Waals surface area contributed by atoms with E-state index in [-0.39, 0.29) is 5.54 Å². The monoisotopic (exact) mass is 283 g/mol. The first kappa shape index (κ1) is 14.5. The molecule has 0 radical (unpaired) electrons. The Morgan fingerprint density at radius 2 is 1.95 bits per heavy atom. The molecule has 0 aliphatic carbocycles. The average molecular weight is 284 g/mol. The summed E-state index contributed by atoms with van der Waals surface area (Å²) < 4.78 is 11.4. The van der Waals surface area contributed by atoms with Gasteiger partial charge in [0.25, 0.3) is 0 Å². The van der Waals surface area contributed by atoms with Crippen LogP contribution in [0.3, 0.4) is 0 Å². The van der Waals surface area contributed by atoms with Gasteiger partial charge in [-0.15, -0.1) is 0 Å². The molecular formula is C15H22ClNO2. The van der Waals surface area contributed by atoms with Crippen LogP contribution in [0.15, 0.2) is 6.07 Å². The van der Waals surface area contributed by atoms with Crippen molar-refractivity contribution in [2.45, 2.75) is 45.6 Å². The Labute approximate surface area is 120 Å². The lowest BCUT2D eigenvalue weighted by Gasteiger charge is -2.28. The van der Waals surface area contributed by atoms with Crippen LogP contribution >= 0.6 is 11.6 Å². The van der Waals surface area contributed by atoms with Crippen molar-refractivity contribution >= 4 is 11.6 Å². The van der Waals surface area contributed by atoms with Crippen LogP contribution in [-0.2, 0) is 6.42 Å². The minimum Gasteiger partial charge on any atom is -0.486 e. The fraction of sp³-hybridized carbons (Fsp3) is 0.600. The molecule has 0 bridgehead atoms. The van der Waals surface area contributed by atoms with Gasteiger partial charge in [-0.3, -0.25) is 0 Å². The molecule has 1 aromatic carbocycles. The zero-order valence-corrected chi connectivity index (χ0v) is 12.8. The minimum atomic E-state index is -0.308. The van der Waals surface area contributed by atoms with Gasteiger partial charge in [0.15, 0.2) is 11.5 Å². The van der Waals surface area contributed by atoms with Crippen molar-refractivity contribution in [3.63, 3.8) is 0 Å². The summed E-state index contributed by atoms with van der Waals surface area (Å²) in [6.45, 7) is 9.44. The number of rotatable bonds is 3. The number of nitrogens with two attached hydrogens (primary N) is 1. The standard InChI is InChI=1S/C15H22ClNO2/c1-9(2)13-10(8-15(3,4)17)11(16)7-12-14(13)19-6-5-18-12/h7,9H,5-6,8,17H2,1-4H3. The summed E-state index contributed by atoms with van der Waals surface area (Å²) in [5.41, 5.74) is 8.05. The van der Waals surface area contributed by atoms with Gasteiger partial charge >= 0.3 is 0 Å². The molecule has 0 aromatic heterocycles. The van der Waals surface area contributed by atoms with Crippen LogP contribution in [0.4, 0.5) is 0 Å². The van der Waals surface area contributed by atoms with Crippen molar-refractivity contribution in [2.75, 3.05) is 13.2 Å². The SMILES string of the molecule is CC(C)c1c(CC(C)(C)N)c(Cl)cc2c1OCCO2. The highest BCUT2D eigenvalue weighted by atomic mass is 35.5. The van der Waals surface area contributed by atoms with Crippen molar-refractivity contribution < 1.29 is 9.47 Å². The first-order valence-corrected chi connectivity index (χ1v) is 7.07. The number of benzene rings is 1. The molecule has 2 N–H and O–H groups in total. The second-order valence-electron chi connectivity index (χ2n) is 6.09. The van der Waals surface area contributed by atoms with Gasteiger partial charge in [0.2, 0.25) is 0 Å². The molecule has 3 nitrogen and oxygen atoms in total. The highest BCUT2D eigenvalue weighted by Gasteiger charge is 2.26. The number of hydrogen-bond acceptors (Lipinski definition) is 3. The van der Waals surface area contributed by atoms with Crippen molar-refractivity contribution in [1.82, 2.24) is 0 Å². The zero-order chi connectivity index (χ0) is 14.2. The van der Waals surface area contributed by atoms with Crippen molar-refractivity contribution in [1.29, 1.82) is 0 Å². The summed E-state index contributed by atoms with van der Waals surface area (Å²) in [5, 5.41) is 0.714. The molecule has 2 rings (SSSR count). The number of ether oxygens (including phenoxy) is 2. The predicted molar refractivity (Wildman–Crippen MR) is 78.5 cm³/mol. The summed E-state index contributed by atoms with van der Waals surface area (Å²) >= 11 is 6.43. The summed E-state index contributed by atoms with van der Waals surface area (Å²) in [4.78, 5) is 0. The van der Waals surface area contributed by atoms with Gasteiger partial charge in [-0.25, -0.2) is 0 Å². The molecule has 1 aliphatic heterocycles. The summed E-state index contributed by atoms with van der Waals surface area (Å²) in [6, 6.07) is 1.85. The van der Waals surface area contributed by atoms with E-state index in [0.29, 0.717) is 24.2 Å². The topological polar surface area (TPSA) is 44.5 Å². The molecule has 0 fully saturated rings. The molecule has 0 atom stereocenters. The van der Waals surface area contributed by atoms with Crippen LogP contribution in [0.1, 0.15) is 44.7 Å². The Balaban J connectivity index is 2.58. The second kappa shape index (κ2) is 5.22. The summed E-state index contributed by atoms with van der Waals surface area (Å²) in [6.07, 6.45) is 0.718. The van der Waals surface area contributed by atoms with Crippen LogP contribution in [0.2, 0.25) is 5.02 Å². The van der Waals surface area contributed by atoms with Crippen molar-refractivity contribution in [3.05, 3.63) is 22.2 Å². The fourth-order valence-corrected chi connectivity index (χ4v) is 2.73. The lowest BCUT2D eigenvalue weighted by Crippen LogP contribution is -2.35. The van der Waals surface area contributed by atoms with Gasteiger partial charge in [0.05, 0.1) is 0 Å². The molecule has 4 heteroatoms. The molecule has 0 saturated heterocycles. The van der Waals surface area contributed by atoms with E-state index in [1.807, 2.05) is 19.9 Å². The van der Waals surface area contributed by atoms with E-state index in [9.17, 15) is 0 Å². The van der Waals surface area contributed by atoms with E-state index < -0.39 is 0 Å². The van der Waals surface area contributed by atoms with Gasteiger partial charge in [-0.2, -0.15) is 0 Å². The normalized spacial score (nSPS) is 14.9. The van der Waals surface area contributed by atoms with Gasteiger partial charge < -0.3 is 15.2 Å². The predicted octanol–water partition coefficient (Wildman–Crippen LogP) is 3.51. The fourth-order valence-electron chi connectivity index (χ4n) is 2.46. The Hall–Kier alpha value is -0.930. The third-order valence-electron chi connectivity index (χ3n) is 3.14. The number of hydrogen-bond donors (Lipinski definition) is 1. The smallest absolute Gasteiger partial charge is 0.165 e. The maximum absolute atomic E-state index is 6.43. The van der Waals surface area contributed by atoms with Crippen LogP contribution in [0.5, 0.6) is 11.5 Å². The molecule has 0 unspecified atom stereocenters. The lowest BCUT2D eigenvalue weighted by atomic mass is 9.87. The van der Waals surface area contributed by atoms with Crippen LogP contribution in [-0.4, -0.2) is 18.8 Å². The molecular weight excluding hydrogens is 262 g/mol.